The summed E-state index contributed by atoms with van der Waals surface area (Å²) < 4.78 is 13.0. The summed E-state index contributed by atoms with van der Waals surface area (Å²) in [5.74, 6) is 1.03. The number of para-hydroxylation sites is 2. The van der Waals surface area contributed by atoms with Gasteiger partial charge in [-0.3, -0.25) is 9.20 Å². The van der Waals surface area contributed by atoms with Crippen LogP contribution in [0.25, 0.3) is 16.8 Å². The maximum absolute atomic E-state index is 13.0. The number of nitrogens with zero attached hydrogens (tertiary/aromatic N) is 4. The Labute approximate surface area is 195 Å². The molecule has 0 atom stereocenters. The molecule has 0 unspecified atom stereocenters. The lowest BCUT2D eigenvalue weighted by Gasteiger charge is -2.13. The van der Waals surface area contributed by atoms with Gasteiger partial charge in [-0.2, -0.15) is 10.2 Å². The molecule has 1 N–H and O–H groups in total. The predicted octanol–water partition coefficient (Wildman–Crippen LogP) is 4.59. The molecule has 0 bridgehead atoms. The second kappa shape index (κ2) is 8.92. The summed E-state index contributed by atoms with van der Waals surface area (Å²) in [4.78, 5) is 21.8. The van der Waals surface area contributed by atoms with Crippen molar-refractivity contribution in [3.05, 3.63) is 95.7 Å². The molecule has 0 spiro atoms. The van der Waals surface area contributed by atoms with Gasteiger partial charge in [-0.25, -0.2) is 4.98 Å². The van der Waals surface area contributed by atoms with Crippen LogP contribution < -0.4 is 14.8 Å². The minimum absolute atomic E-state index is 0.138. The van der Waals surface area contributed by atoms with Crippen molar-refractivity contribution >= 4 is 28.5 Å². The molecule has 5 rings (SSSR count). The number of methoxy groups -OCH3 is 1. The van der Waals surface area contributed by atoms with Crippen LogP contribution in [0, 0.1) is 11.3 Å². The Kier molecular flexibility index (Phi) is 5.50. The van der Waals surface area contributed by atoms with Crippen molar-refractivity contribution in [3.63, 3.8) is 0 Å². The predicted molar refractivity (Wildman–Crippen MR) is 127 cm³/mol. The molecule has 8 heteroatoms. The quantitative estimate of drug-likeness (QED) is 0.407. The molecule has 2 aromatic heterocycles. The highest BCUT2D eigenvalue weighted by Gasteiger charge is 2.16. The number of hydrogen-bond donors (Lipinski definition) is 1. The number of fused-ring (bicyclic) bond motifs is 3. The van der Waals surface area contributed by atoms with Crippen LogP contribution in [0.2, 0.25) is 0 Å². The number of aromatic nitrogens is 3. The van der Waals surface area contributed by atoms with Crippen LogP contribution in [0.3, 0.4) is 0 Å². The van der Waals surface area contributed by atoms with Crippen molar-refractivity contribution in [2.75, 3.05) is 12.4 Å². The summed E-state index contributed by atoms with van der Waals surface area (Å²) in [6, 6.07) is 24.3. The molecule has 3 aromatic carbocycles. The minimum Gasteiger partial charge on any atom is -0.493 e. The Bertz CT molecular complexity index is 1550. The highest BCUT2D eigenvalue weighted by Crippen LogP contribution is 2.29. The van der Waals surface area contributed by atoms with E-state index < -0.39 is 5.91 Å². The monoisotopic (exact) mass is 449 g/mol. The van der Waals surface area contributed by atoms with E-state index in [1.54, 1.807) is 28.8 Å². The highest BCUT2D eigenvalue weighted by molar-refractivity contribution is 6.05. The standard InChI is InChI=1S/C26H19N5O3/c1-33-23-13-18(11-12-22(23)34-16-17-7-3-2-4-8-17)25(32)29-24-19(14-27)15-31-21-10-6-5-9-20(21)28-26(31)30-24/h2-13,15H,16H2,1H3,(H,28,29,30,32). The van der Waals surface area contributed by atoms with Crippen molar-refractivity contribution in [2.24, 2.45) is 0 Å². The first-order valence-corrected chi connectivity index (χ1v) is 10.5. The Morgan fingerprint density at radius 2 is 1.82 bits per heavy atom. The molecule has 0 saturated heterocycles. The van der Waals surface area contributed by atoms with E-state index >= 15 is 0 Å². The number of carbonyl (C=O) groups is 1. The fourth-order valence-electron chi connectivity index (χ4n) is 3.61. The van der Waals surface area contributed by atoms with Crippen LogP contribution in [0.1, 0.15) is 21.5 Å². The maximum atomic E-state index is 13.0. The number of imidazole rings is 1. The van der Waals surface area contributed by atoms with Crippen molar-refractivity contribution in [1.29, 1.82) is 5.26 Å². The van der Waals surface area contributed by atoms with Gasteiger partial charge in [0, 0.05) is 11.8 Å². The van der Waals surface area contributed by atoms with Gasteiger partial charge in [-0.1, -0.05) is 42.5 Å². The molecule has 0 saturated carbocycles. The number of ether oxygens (including phenoxy) is 2. The zero-order valence-corrected chi connectivity index (χ0v) is 18.2. The zero-order valence-electron chi connectivity index (χ0n) is 18.2. The molecule has 0 aliphatic carbocycles. The third-order valence-corrected chi connectivity index (χ3v) is 5.32. The molecule has 2 heterocycles. The summed E-state index contributed by atoms with van der Waals surface area (Å²) in [5.41, 5.74) is 3.15. The SMILES string of the molecule is COc1cc(C(=O)Nc2nc3nc4ccccc4n3cc2C#N)ccc1OCc1ccccc1. The number of benzene rings is 3. The Morgan fingerprint density at radius 1 is 1.03 bits per heavy atom. The summed E-state index contributed by atoms with van der Waals surface area (Å²) >= 11 is 0. The Hall–Kier alpha value is -4.90. The van der Waals surface area contributed by atoms with Gasteiger partial charge in [-0.05, 0) is 35.9 Å². The van der Waals surface area contributed by atoms with Gasteiger partial charge >= 0.3 is 0 Å². The van der Waals surface area contributed by atoms with E-state index in [4.69, 9.17) is 9.47 Å². The summed E-state index contributed by atoms with van der Waals surface area (Å²) in [6.07, 6.45) is 1.62. The molecular weight excluding hydrogens is 430 g/mol. The van der Waals surface area contributed by atoms with E-state index in [9.17, 15) is 10.1 Å². The second-order valence-corrected chi connectivity index (χ2v) is 7.48. The molecular formula is C26H19N5O3. The molecule has 8 nitrogen and oxygen atoms in total. The average Bonchev–Trinajstić information content (AvgIpc) is 3.24. The van der Waals surface area contributed by atoms with Gasteiger partial charge in [0.15, 0.2) is 17.3 Å². The number of nitriles is 1. The summed E-state index contributed by atoms with van der Waals surface area (Å²) in [7, 11) is 1.51. The van der Waals surface area contributed by atoms with Crippen molar-refractivity contribution < 1.29 is 14.3 Å². The first-order valence-electron chi connectivity index (χ1n) is 10.5. The van der Waals surface area contributed by atoms with E-state index in [1.165, 1.54) is 7.11 Å². The maximum Gasteiger partial charge on any atom is 0.256 e. The molecule has 0 fully saturated rings. The fraction of sp³-hybridized carbons (Fsp3) is 0.0769. The second-order valence-electron chi connectivity index (χ2n) is 7.48. The Balaban J connectivity index is 1.40. The topological polar surface area (TPSA) is 102 Å². The first-order chi connectivity index (χ1) is 16.7. The van der Waals surface area contributed by atoms with Gasteiger partial charge in [0.05, 0.1) is 18.1 Å². The number of carbonyl (C=O) groups excluding carboxylic acids is 1. The lowest BCUT2D eigenvalue weighted by molar-refractivity contribution is 0.102. The number of hydrogen-bond acceptors (Lipinski definition) is 6. The van der Waals surface area contributed by atoms with Crippen molar-refractivity contribution in [2.45, 2.75) is 6.61 Å². The molecule has 0 aliphatic rings. The summed E-state index contributed by atoms with van der Waals surface area (Å²) in [5, 5.41) is 12.4. The van der Waals surface area contributed by atoms with Gasteiger partial charge in [0.1, 0.15) is 18.2 Å². The molecule has 166 valence electrons. The first kappa shape index (κ1) is 21.0. The molecule has 1 amide bonds. The third-order valence-electron chi connectivity index (χ3n) is 5.32. The number of rotatable bonds is 6. The van der Waals surface area contributed by atoms with Crippen molar-refractivity contribution in [3.8, 4) is 17.6 Å². The third kappa shape index (κ3) is 3.98. The lowest BCUT2D eigenvalue weighted by atomic mass is 10.2. The fourth-order valence-corrected chi connectivity index (χ4v) is 3.61. The van der Waals surface area contributed by atoms with Gasteiger partial charge in [0.2, 0.25) is 5.78 Å². The molecule has 0 aliphatic heterocycles. The normalized spacial score (nSPS) is 10.7. The molecule has 34 heavy (non-hydrogen) atoms. The largest absolute Gasteiger partial charge is 0.493 e. The van der Waals surface area contributed by atoms with Crippen LogP contribution in [-0.2, 0) is 6.61 Å². The highest BCUT2D eigenvalue weighted by atomic mass is 16.5. The average molecular weight is 449 g/mol. The van der Waals surface area contributed by atoms with Gasteiger partial charge in [0.25, 0.3) is 5.91 Å². The van der Waals surface area contributed by atoms with E-state index in [2.05, 4.69) is 21.4 Å². The zero-order chi connectivity index (χ0) is 23.5. The smallest absolute Gasteiger partial charge is 0.256 e. The lowest BCUT2D eigenvalue weighted by Crippen LogP contribution is -2.15. The van der Waals surface area contributed by atoms with Crippen LogP contribution in [0.5, 0.6) is 11.5 Å². The number of amides is 1. The van der Waals surface area contributed by atoms with E-state index in [-0.39, 0.29) is 11.4 Å². The van der Waals surface area contributed by atoms with Gasteiger partial charge in [-0.15, -0.1) is 0 Å². The van der Waals surface area contributed by atoms with Gasteiger partial charge < -0.3 is 14.8 Å². The van der Waals surface area contributed by atoms with E-state index in [1.807, 2.05) is 54.6 Å². The number of anilines is 1. The Morgan fingerprint density at radius 3 is 2.62 bits per heavy atom. The summed E-state index contributed by atoms with van der Waals surface area (Å²) in [6.45, 7) is 0.372. The number of nitrogens with one attached hydrogen (secondary N) is 1. The van der Waals surface area contributed by atoms with Crippen LogP contribution in [-0.4, -0.2) is 27.4 Å². The van der Waals surface area contributed by atoms with Crippen molar-refractivity contribution in [1.82, 2.24) is 14.4 Å². The van der Waals surface area contributed by atoms with E-state index in [0.29, 0.717) is 29.4 Å². The van der Waals surface area contributed by atoms with Crippen LogP contribution in [0.15, 0.2) is 79.0 Å². The van der Waals surface area contributed by atoms with Crippen LogP contribution in [0.4, 0.5) is 5.82 Å². The van der Waals surface area contributed by atoms with Crippen LogP contribution >= 0.6 is 0 Å². The molecule has 5 aromatic rings. The minimum atomic E-state index is -0.433. The molecule has 0 radical (unpaired) electrons. The van der Waals surface area contributed by atoms with E-state index in [0.717, 1.165) is 16.6 Å².